The first-order valence-electron chi connectivity index (χ1n) is 8.49. The fourth-order valence-electron chi connectivity index (χ4n) is 2.65. The Bertz CT molecular complexity index is 859. The van der Waals surface area contributed by atoms with Crippen LogP contribution in [0.5, 0.6) is 0 Å². The Labute approximate surface area is 158 Å². The highest BCUT2D eigenvalue weighted by molar-refractivity contribution is 5.99. The van der Waals surface area contributed by atoms with E-state index in [0.29, 0.717) is 6.42 Å². The molecule has 0 spiro atoms. The van der Waals surface area contributed by atoms with Crippen LogP contribution < -0.4 is 5.32 Å². The minimum Gasteiger partial charge on any atom is -0.467 e. The molecular weight excluding hydrogens is 346 g/mol. The molecule has 0 unspecified atom stereocenters. The van der Waals surface area contributed by atoms with Gasteiger partial charge in [0.25, 0.3) is 5.91 Å². The third kappa shape index (κ3) is 5.17. The number of hydrogen-bond acceptors (Lipinski definition) is 5. The van der Waals surface area contributed by atoms with Gasteiger partial charge in [-0.05, 0) is 48.7 Å². The van der Waals surface area contributed by atoms with Gasteiger partial charge in [0, 0.05) is 12.0 Å². The van der Waals surface area contributed by atoms with Crippen molar-refractivity contribution in [1.29, 1.82) is 0 Å². The molecule has 0 fully saturated rings. The fourth-order valence-corrected chi connectivity index (χ4v) is 2.65. The number of benzene rings is 2. The topological polar surface area (TPSA) is 81.7 Å². The highest BCUT2D eigenvalue weighted by atomic mass is 16.5. The van der Waals surface area contributed by atoms with E-state index in [1.54, 1.807) is 18.2 Å². The number of carbonyl (C=O) groups excluding carboxylic acids is 3. The van der Waals surface area contributed by atoms with E-state index >= 15 is 0 Å². The molecule has 0 saturated carbocycles. The predicted molar refractivity (Wildman–Crippen MR) is 101 cm³/mol. The molecular formula is C21H23NO5. The van der Waals surface area contributed by atoms with Gasteiger partial charge in [-0.15, -0.1) is 0 Å². The van der Waals surface area contributed by atoms with Crippen molar-refractivity contribution in [1.82, 2.24) is 5.32 Å². The highest BCUT2D eigenvalue weighted by Gasteiger charge is 2.23. The van der Waals surface area contributed by atoms with E-state index in [1.165, 1.54) is 20.3 Å². The Kier molecular flexibility index (Phi) is 6.71. The normalized spacial score (nSPS) is 11.4. The van der Waals surface area contributed by atoms with Crippen LogP contribution in [0.2, 0.25) is 0 Å². The zero-order valence-corrected chi connectivity index (χ0v) is 15.9. The highest BCUT2D eigenvalue weighted by Crippen LogP contribution is 2.13. The molecule has 0 aliphatic heterocycles. The number of carbonyl (C=O) groups is 3. The Hall–Kier alpha value is -3.15. The van der Waals surface area contributed by atoms with E-state index < -0.39 is 23.9 Å². The van der Waals surface area contributed by atoms with Crippen LogP contribution in [0.1, 0.15) is 37.4 Å². The Morgan fingerprint density at radius 3 is 2.26 bits per heavy atom. The predicted octanol–water partition coefficient (Wildman–Crippen LogP) is 2.60. The van der Waals surface area contributed by atoms with Crippen molar-refractivity contribution in [2.45, 2.75) is 26.3 Å². The number of methoxy groups -OCH3 is 2. The molecule has 0 aliphatic carbocycles. The summed E-state index contributed by atoms with van der Waals surface area (Å²) >= 11 is 0. The molecule has 0 radical (unpaired) electrons. The number of rotatable bonds is 6. The van der Waals surface area contributed by atoms with Crippen molar-refractivity contribution < 1.29 is 23.9 Å². The first-order valence-corrected chi connectivity index (χ1v) is 8.49. The lowest BCUT2D eigenvalue weighted by atomic mass is 10.0. The van der Waals surface area contributed by atoms with Gasteiger partial charge in [-0.25, -0.2) is 9.59 Å². The molecule has 2 aromatic rings. The maximum atomic E-state index is 12.6. The Morgan fingerprint density at radius 2 is 1.63 bits per heavy atom. The van der Waals surface area contributed by atoms with E-state index in [9.17, 15) is 14.4 Å². The van der Waals surface area contributed by atoms with Crippen LogP contribution in [-0.2, 0) is 20.7 Å². The molecule has 0 saturated heterocycles. The number of ether oxygens (including phenoxy) is 2. The largest absolute Gasteiger partial charge is 0.467 e. The first-order chi connectivity index (χ1) is 12.8. The van der Waals surface area contributed by atoms with Crippen molar-refractivity contribution in [3.05, 3.63) is 70.3 Å². The van der Waals surface area contributed by atoms with Gasteiger partial charge in [-0.3, -0.25) is 4.79 Å². The SMILES string of the molecule is COC(=O)c1cccc(C(=O)N[C@@H](Cc2ccc(C)c(C)c2)C(=O)OC)c1. The van der Waals surface area contributed by atoms with Gasteiger partial charge in [-0.1, -0.05) is 24.3 Å². The van der Waals surface area contributed by atoms with Crippen molar-refractivity contribution in [2.75, 3.05) is 14.2 Å². The molecule has 0 aliphatic rings. The van der Waals surface area contributed by atoms with Crippen molar-refractivity contribution in [3.8, 4) is 0 Å². The summed E-state index contributed by atoms with van der Waals surface area (Å²) in [6.07, 6.45) is 0.302. The lowest BCUT2D eigenvalue weighted by molar-refractivity contribution is -0.142. The zero-order valence-electron chi connectivity index (χ0n) is 15.9. The second kappa shape index (κ2) is 8.98. The van der Waals surface area contributed by atoms with Gasteiger partial charge < -0.3 is 14.8 Å². The number of amides is 1. The zero-order chi connectivity index (χ0) is 20.0. The van der Waals surface area contributed by atoms with Gasteiger partial charge in [0.1, 0.15) is 6.04 Å². The molecule has 142 valence electrons. The summed E-state index contributed by atoms with van der Waals surface area (Å²) in [4.78, 5) is 36.4. The fraction of sp³-hybridized carbons (Fsp3) is 0.286. The van der Waals surface area contributed by atoms with Gasteiger partial charge in [0.2, 0.25) is 0 Å². The van der Waals surface area contributed by atoms with Crippen LogP contribution in [0, 0.1) is 13.8 Å². The summed E-state index contributed by atoms with van der Waals surface area (Å²) in [5.74, 6) is -1.55. The van der Waals surface area contributed by atoms with Crippen molar-refractivity contribution in [2.24, 2.45) is 0 Å². The van der Waals surface area contributed by atoms with Crippen LogP contribution >= 0.6 is 0 Å². The Balaban J connectivity index is 2.20. The number of hydrogen-bond donors (Lipinski definition) is 1. The summed E-state index contributed by atoms with van der Waals surface area (Å²) in [5, 5.41) is 2.69. The number of nitrogens with one attached hydrogen (secondary N) is 1. The van der Waals surface area contributed by atoms with E-state index in [1.807, 2.05) is 32.0 Å². The number of esters is 2. The maximum Gasteiger partial charge on any atom is 0.337 e. The second-order valence-corrected chi connectivity index (χ2v) is 6.24. The van der Waals surface area contributed by atoms with Crippen LogP contribution in [0.25, 0.3) is 0 Å². The van der Waals surface area contributed by atoms with Gasteiger partial charge in [-0.2, -0.15) is 0 Å². The van der Waals surface area contributed by atoms with Gasteiger partial charge in [0.05, 0.1) is 19.8 Å². The molecule has 2 rings (SSSR count). The van der Waals surface area contributed by atoms with Crippen LogP contribution in [0.3, 0.4) is 0 Å². The van der Waals surface area contributed by atoms with E-state index in [-0.39, 0.29) is 11.1 Å². The summed E-state index contributed by atoms with van der Waals surface area (Å²) < 4.78 is 9.49. The van der Waals surface area contributed by atoms with Crippen LogP contribution in [-0.4, -0.2) is 38.1 Å². The van der Waals surface area contributed by atoms with Gasteiger partial charge >= 0.3 is 11.9 Å². The molecule has 27 heavy (non-hydrogen) atoms. The summed E-state index contributed by atoms with van der Waals surface area (Å²) in [6, 6.07) is 11.1. The second-order valence-electron chi connectivity index (χ2n) is 6.24. The van der Waals surface area contributed by atoms with Crippen LogP contribution in [0.4, 0.5) is 0 Å². The monoisotopic (exact) mass is 369 g/mol. The molecule has 1 atom stereocenters. The lowest BCUT2D eigenvalue weighted by Gasteiger charge is -2.17. The molecule has 6 nitrogen and oxygen atoms in total. The third-order valence-corrected chi connectivity index (χ3v) is 4.35. The average Bonchev–Trinajstić information content (AvgIpc) is 2.68. The number of aryl methyl sites for hydroxylation is 2. The molecule has 0 aromatic heterocycles. The summed E-state index contributed by atoms with van der Waals surface area (Å²) in [5.41, 5.74) is 3.68. The summed E-state index contributed by atoms with van der Waals surface area (Å²) in [6.45, 7) is 4.00. The van der Waals surface area contributed by atoms with Crippen molar-refractivity contribution in [3.63, 3.8) is 0 Å². The molecule has 0 bridgehead atoms. The van der Waals surface area contributed by atoms with E-state index in [0.717, 1.165) is 16.7 Å². The van der Waals surface area contributed by atoms with Crippen molar-refractivity contribution >= 4 is 17.8 Å². The minimum absolute atomic E-state index is 0.256. The molecule has 0 heterocycles. The maximum absolute atomic E-state index is 12.6. The molecule has 6 heteroatoms. The average molecular weight is 369 g/mol. The Morgan fingerprint density at radius 1 is 0.926 bits per heavy atom. The quantitative estimate of drug-likeness (QED) is 0.792. The third-order valence-electron chi connectivity index (χ3n) is 4.35. The molecule has 2 aromatic carbocycles. The smallest absolute Gasteiger partial charge is 0.337 e. The van der Waals surface area contributed by atoms with E-state index in [4.69, 9.17) is 4.74 Å². The minimum atomic E-state index is -0.841. The first kappa shape index (κ1) is 20.2. The lowest BCUT2D eigenvalue weighted by Crippen LogP contribution is -2.43. The van der Waals surface area contributed by atoms with Gasteiger partial charge in [0.15, 0.2) is 0 Å². The standard InChI is InChI=1S/C21H23NO5/c1-13-8-9-15(10-14(13)2)11-18(21(25)27-4)22-19(23)16-6-5-7-17(12-16)20(24)26-3/h5-10,12,18H,11H2,1-4H3,(H,22,23)/t18-/m0/s1. The van der Waals surface area contributed by atoms with Crippen LogP contribution in [0.15, 0.2) is 42.5 Å². The molecule has 1 N–H and O–H groups in total. The van der Waals surface area contributed by atoms with E-state index in [2.05, 4.69) is 10.1 Å². The summed E-state index contributed by atoms with van der Waals surface area (Å²) in [7, 11) is 2.55. The molecule has 1 amide bonds.